The molecule has 0 unspecified atom stereocenters. The Labute approximate surface area is 106 Å². The molecule has 0 fully saturated rings. The van der Waals surface area contributed by atoms with Gasteiger partial charge in [0.1, 0.15) is 0 Å². The van der Waals surface area contributed by atoms with E-state index in [1.807, 2.05) is 38.1 Å². The monoisotopic (exact) mass is 246 g/mol. The molecule has 1 heterocycles. The third-order valence-corrected chi connectivity index (χ3v) is 2.93. The van der Waals surface area contributed by atoms with E-state index in [9.17, 15) is 4.79 Å². The lowest BCUT2D eigenvalue weighted by Gasteiger charge is -2.22. The number of aromatic amines is 1. The average Bonchev–Trinajstić information content (AvgIpc) is 2.78. The van der Waals surface area contributed by atoms with E-state index in [1.165, 1.54) is 0 Å². The number of fused-ring (bicyclic) bond motifs is 1. The third-order valence-electron chi connectivity index (χ3n) is 2.93. The van der Waals surface area contributed by atoms with E-state index in [-0.39, 0.29) is 5.91 Å². The van der Waals surface area contributed by atoms with E-state index in [0.29, 0.717) is 12.5 Å². The number of nitrogens with one attached hydrogen (secondary N) is 3. The van der Waals surface area contributed by atoms with Crippen molar-refractivity contribution >= 4 is 22.9 Å². The highest BCUT2D eigenvalue weighted by molar-refractivity contribution is 5.82. The zero-order valence-electron chi connectivity index (χ0n) is 10.9. The second-order valence-corrected chi connectivity index (χ2v) is 4.92. The number of rotatable bonds is 4. The molecule has 2 rings (SSSR count). The number of hydrogen-bond donors (Lipinski definition) is 3. The summed E-state index contributed by atoms with van der Waals surface area (Å²) in [4.78, 5) is 19.2. The Kier molecular flexibility index (Phi) is 3.23. The molecule has 1 aromatic heterocycles. The minimum atomic E-state index is -0.478. The highest BCUT2D eigenvalue weighted by Gasteiger charge is 2.26. The van der Waals surface area contributed by atoms with Crippen LogP contribution in [0.2, 0.25) is 0 Å². The van der Waals surface area contributed by atoms with Crippen LogP contribution in [0.25, 0.3) is 11.0 Å². The molecular weight excluding hydrogens is 228 g/mol. The van der Waals surface area contributed by atoms with Crippen molar-refractivity contribution in [2.45, 2.75) is 13.8 Å². The van der Waals surface area contributed by atoms with Crippen LogP contribution in [-0.4, -0.2) is 29.5 Å². The molecule has 5 nitrogen and oxygen atoms in total. The van der Waals surface area contributed by atoms with Crippen molar-refractivity contribution in [2.75, 3.05) is 18.9 Å². The fraction of sp³-hybridized carbons (Fsp3) is 0.385. The lowest BCUT2D eigenvalue weighted by Crippen LogP contribution is -2.39. The van der Waals surface area contributed by atoms with Crippen molar-refractivity contribution in [3.63, 3.8) is 0 Å². The van der Waals surface area contributed by atoms with Gasteiger partial charge in [0, 0.05) is 13.6 Å². The molecule has 0 spiro atoms. The molecule has 0 saturated carbocycles. The second kappa shape index (κ2) is 4.68. The Hall–Kier alpha value is -2.04. The van der Waals surface area contributed by atoms with Crippen LogP contribution in [0.5, 0.6) is 0 Å². The lowest BCUT2D eigenvalue weighted by molar-refractivity contribution is -0.128. The SMILES string of the molecule is CNC(=O)C(C)(C)CNc1nc2ccccc2[nH]1. The highest BCUT2D eigenvalue weighted by atomic mass is 16.2. The average molecular weight is 246 g/mol. The van der Waals surface area contributed by atoms with Crippen LogP contribution < -0.4 is 10.6 Å². The maximum atomic E-state index is 11.6. The van der Waals surface area contributed by atoms with Crippen LogP contribution >= 0.6 is 0 Å². The van der Waals surface area contributed by atoms with Gasteiger partial charge in [0.15, 0.2) is 0 Å². The van der Waals surface area contributed by atoms with Crippen molar-refractivity contribution in [1.82, 2.24) is 15.3 Å². The number of anilines is 1. The van der Waals surface area contributed by atoms with Gasteiger partial charge in [-0.2, -0.15) is 0 Å². The molecule has 0 saturated heterocycles. The fourth-order valence-electron chi connectivity index (χ4n) is 1.76. The number of carbonyl (C=O) groups excluding carboxylic acids is 1. The van der Waals surface area contributed by atoms with E-state index in [1.54, 1.807) is 7.05 Å². The van der Waals surface area contributed by atoms with E-state index in [4.69, 9.17) is 0 Å². The molecule has 5 heteroatoms. The summed E-state index contributed by atoms with van der Waals surface area (Å²) >= 11 is 0. The van der Waals surface area contributed by atoms with Crippen molar-refractivity contribution in [1.29, 1.82) is 0 Å². The third kappa shape index (κ3) is 2.45. The zero-order chi connectivity index (χ0) is 13.2. The Morgan fingerprint density at radius 2 is 2.11 bits per heavy atom. The van der Waals surface area contributed by atoms with Crippen molar-refractivity contribution in [3.05, 3.63) is 24.3 Å². The van der Waals surface area contributed by atoms with E-state index >= 15 is 0 Å². The van der Waals surface area contributed by atoms with Gasteiger partial charge in [-0.05, 0) is 26.0 Å². The normalized spacial score (nSPS) is 11.5. The number of imidazole rings is 1. The number of amides is 1. The van der Waals surface area contributed by atoms with Crippen LogP contribution in [0.3, 0.4) is 0 Å². The molecule has 0 bridgehead atoms. The predicted octanol–water partition coefficient (Wildman–Crippen LogP) is 1.75. The largest absolute Gasteiger partial charge is 0.359 e. The quantitative estimate of drug-likeness (QED) is 0.769. The number of aromatic nitrogens is 2. The second-order valence-electron chi connectivity index (χ2n) is 4.92. The fourth-order valence-corrected chi connectivity index (χ4v) is 1.76. The standard InChI is InChI=1S/C13H18N4O/c1-13(2,11(18)14-3)8-15-12-16-9-6-4-5-7-10(9)17-12/h4-7H,8H2,1-3H3,(H,14,18)(H2,15,16,17). The molecule has 0 aliphatic rings. The minimum Gasteiger partial charge on any atom is -0.359 e. The first-order chi connectivity index (χ1) is 8.53. The number of nitrogens with zero attached hydrogens (tertiary/aromatic N) is 1. The topological polar surface area (TPSA) is 69.8 Å². The van der Waals surface area contributed by atoms with E-state index in [2.05, 4.69) is 20.6 Å². The van der Waals surface area contributed by atoms with Gasteiger partial charge in [-0.25, -0.2) is 4.98 Å². The number of benzene rings is 1. The molecule has 0 atom stereocenters. The molecule has 3 N–H and O–H groups in total. The first kappa shape index (κ1) is 12.4. The maximum Gasteiger partial charge on any atom is 0.227 e. The van der Waals surface area contributed by atoms with Gasteiger partial charge in [-0.3, -0.25) is 4.79 Å². The Morgan fingerprint density at radius 1 is 1.39 bits per heavy atom. The summed E-state index contributed by atoms with van der Waals surface area (Å²) in [6.45, 7) is 4.30. The van der Waals surface area contributed by atoms with Crippen molar-refractivity contribution < 1.29 is 4.79 Å². The predicted molar refractivity (Wildman–Crippen MR) is 72.4 cm³/mol. The molecule has 96 valence electrons. The summed E-state index contributed by atoms with van der Waals surface area (Å²) < 4.78 is 0. The minimum absolute atomic E-state index is 0.00566. The van der Waals surface area contributed by atoms with E-state index in [0.717, 1.165) is 11.0 Å². The Bertz CT molecular complexity index is 526. The highest BCUT2D eigenvalue weighted by Crippen LogP contribution is 2.18. The van der Waals surface area contributed by atoms with Crippen molar-refractivity contribution in [3.8, 4) is 0 Å². The zero-order valence-corrected chi connectivity index (χ0v) is 10.9. The molecule has 2 aromatic rings. The van der Waals surface area contributed by atoms with Crippen LogP contribution in [0.15, 0.2) is 24.3 Å². The molecule has 18 heavy (non-hydrogen) atoms. The number of para-hydroxylation sites is 2. The molecule has 0 aliphatic heterocycles. The smallest absolute Gasteiger partial charge is 0.227 e. The Morgan fingerprint density at radius 3 is 2.78 bits per heavy atom. The molecule has 0 radical (unpaired) electrons. The molecular formula is C13H18N4O. The van der Waals surface area contributed by atoms with Crippen LogP contribution in [0, 0.1) is 5.41 Å². The van der Waals surface area contributed by atoms with Gasteiger partial charge >= 0.3 is 0 Å². The van der Waals surface area contributed by atoms with Gasteiger partial charge < -0.3 is 15.6 Å². The van der Waals surface area contributed by atoms with Crippen LogP contribution in [-0.2, 0) is 4.79 Å². The van der Waals surface area contributed by atoms with Gasteiger partial charge in [-0.1, -0.05) is 12.1 Å². The first-order valence-electron chi connectivity index (χ1n) is 5.94. The maximum absolute atomic E-state index is 11.6. The first-order valence-corrected chi connectivity index (χ1v) is 5.94. The van der Waals surface area contributed by atoms with Gasteiger partial charge in [-0.15, -0.1) is 0 Å². The van der Waals surface area contributed by atoms with Crippen molar-refractivity contribution in [2.24, 2.45) is 5.41 Å². The Balaban J connectivity index is 2.08. The van der Waals surface area contributed by atoms with Gasteiger partial charge in [0.2, 0.25) is 11.9 Å². The molecule has 1 aromatic carbocycles. The molecule has 1 amide bonds. The summed E-state index contributed by atoms with van der Waals surface area (Å²) in [5, 5.41) is 5.82. The number of hydrogen-bond acceptors (Lipinski definition) is 3. The van der Waals surface area contributed by atoms with Gasteiger partial charge in [0.25, 0.3) is 0 Å². The van der Waals surface area contributed by atoms with Gasteiger partial charge in [0.05, 0.1) is 16.4 Å². The molecule has 0 aliphatic carbocycles. The summed E-state index contributed by atoms with van der Waals surface area (Å²) in [5.41, 5.74) is 1.42. The van der Waals surface area contributed by atoms with Crippen LogP contribution in [0.4, 0.5) is 5.95 Å². The number of carbonyl (C=O) groups is 1. The summed E-state index contributed by atoms with van der Waals surface area (Å²) in [6, 6.07) is 7.82. The summed E-state index contributed by atoms with van der Waals surface area (Å²) in [5.74, 6) is 0.694. The van der Waals surface area contributed by atoms with E-state index < -0.39 is 5.41 Å². The lowest BCUT2D eigenvalue weighted by atomic mass is 9.92. The number of H-pyrrole nitrogens is 1. The summed E-state index contributed by atoms with van der Waals surface area (Å²) in [6.07, 6.45) is 0. The van der Waals surface area contributed by atoms with Crippen LogP contribution in [0.1, 0.15) is 13.8 Å². The summed E-state index contributed by atoms with van der Waals surface area (Å²) in [7, 11) is 1.64.